The number of amides is 1. The number of carbonyl (C=O) groups is 1. The van der Waals surface area contributed by atoms with Crippen molar-refractivity contribution in [3.63, 3.8) is 0 Å². The van der Waals surface area contributed by atoms with Crippen molar-refractivity contribution in [2.75, 3.05) is 18.1 Å². The van der Waals surface area contributed by atoms with Crippen LogP contribution in [-0.4, -0.2) is 46.9 Å². The highest BCUT2D eigenvalue weighted by molar-refractivity contribution is 6.76. The maximum Gasteiger partial charge on any atom is 0.231 e. The lowest BCUT2D eigenvalue weighted by atomic mass is 9.91. The highest BCUT2D eigenvalue weighted by atomic mass is 35.5. The summed E-state index contributed by atoms with van der Waals surface area (Å²) in [6.45, 7) is 8.46. The molecule has 1 unspecified atom stereocenters. The number of aromatic nitrogens is 4. The smallest absolute Gasteiger partial charge is 0.231 e. The van der Waals surface area contributed by atoms with Crippen molar-refractivity contribution in [1.29, 1.82) is 0 Å². The van der Waals surface area contributed by atoms with E-state index in [0.29, 0.717) is 31.0 Å². The minimum absolute atomic E-state index is 0.00358. The molecule has 0 N–H and O–H groups in total. The van der Waals surface area contributed by atoms with Crippen molar-refractivity contribution in [2.45, 2.75) is 51.7 Å². The molecule has 1 saturated heterocycles. The summed E-state index contributed by atoms with van der Waals surface area (Å²) in [5, 5.41) is 4.60. The molecule has 7 nitrogen and oxygen atoms in total. The molecule has 1 aliphatic heterocycles. The molecule has 1 fully saturated rings. The van der Waals surface area contributed by atoms with Crippen molar-refractivity contribution < 1.29 is 13.9 Å². The number of pyridine rings is 2. The van der Waals surface area contributed by atoms with E-state index in [2.05, 4.69) is 29.6 Å². The molecule has 1 aliphatic rings. The first kappa shape index (κ1) is 25.5. The molecule has 186 valence electrons. The zero-order chi connectivity index (χ0) is 25.0. The summed E-state index contributed by atoms with van der Waals surface area (Å²) < 4.78 is 21.6. The highest BCUT2D eigenvalue weighted by Crippen LogP contribution is 2.30. The van der Waals surface area contributed by atoms with E-state index in [-0.39, 0.29) is 23.7 Å². The molecule has 0 spiro atoms. The second-order valence-corrected chi connectivity index (χ2v) is 16.1. The molecule has 0 aliphatic carbocycles. The fourth-order valence-corrected chi connectivity index (χ4v) is 5.00. The summed E-state index contributed by atoms with van der Waals surface area (Å²) in [4.78, 5) is 23.3. The predicted octanol–water partition coefficient (Wildman–Crippen LogP) is 5.43. The van der Waals surface area contributed by atoms with Crippen LogP contribution in [0.25, 0.3) is 11.3 Å². The number of carbonyl (C=O) groups excluding carboxylic acids is 1. The molecular formula is C25H31ClFN5O2Si. The zero-order valence-corrected chi connectivity index (χ0v) is 22.1. The molecule has 1 atom stereocenters. The van der Waals surface area contributed by atoms with Gasteiger partial charge in [0.15, 0.2) is 11.0 Å². The third-order valence-corrected chi connectivity index (χ3v) is 8.09. The van der Waals surface area contributed by atoms with Gasteiger partial charge in [-0.05, 0) is 49.1 Å². The second kappa shape index (κ2) is 11.0. The van der Waals surface area contributed by atoms with E-state index in [9.17, 15) is 9.18 Å². The number of nitrogens with zero attached hydrogens (tertiary/aromatic N) is 5. The van der Waals surface area contributed by atoms with Gasteiger partial charge in [-0.15, -0.1) is 0 Å². The van der Waals surface area contributed by atoms with Crippen LogP contribution in [0.3, 0.4) is 0 Å². The van der Waals surface area contributed by atoms with Gasteiger partial charge in [0.1, 0.15) is 12.5 Å². The summed E-state index contributed by atoms with van der Waals surface area (Å²) in [6, 6.07) is 8.13. The maximum atomic E-state index is 13.9. The first-order chi connectivity index (χ1) is 16.7. The predicted molar refractivity (Wildman–Crippen MR) is 138 cm³/mol. The minimum Gasteiger partial charge on any atom is -0.359 e. The van der Waals surface area contributed by atoms with Crippen LogP contribution in [0.15, 0.2) is 42.9 Å². The fraction of sp³-hybridized carbons (Fsp3) is 0.440. The van der Waals surface area contributed by atoms with E-state index in [1.165, 1.54) is 12.3 Å². The van der Waals surface area contributed by atoms with Gasteiger partial charge in [0.05, 0.1) is 5.69 Å². The van der Waals surface area contributed by atoms with E-state index in [1.54, 1.807) is 22.0 Å². The van der Waals surface area contributed by atoms with Gasteiger partial charge < -0.3 is 4.74 Å². The van der Waals surface area contributed by atoms with Crippen molar-refractivity contribution in [1.82, 2.24) is 19.7 Å². The Bertz CT molecular complexity index is 1170. The first-order valence-electron chi connectivity index (χ1n) is 11.9. The Hall–Kier alpha value is -2.62. The van der Waals surface area contributed by atoms with Gasteiger partial charge >= 0.3 is 0 Å². The van der Waals surface area contributed by atoms with Crippen LogP contribution in [0, 0.1) is 11.7 Å². The topological polar surface area (TPSA) is 73.1 Å². The monoisotopic (exact) mass is 515 g/mol. The van der Waals surface area contributed by atoms with Crippen LogP contribution < -0.4 is 4.90 Å². The van der Waals surface area contributed by atoms with Gasteiger partial charge in [0.2, 0.25) is 5.91 Å². The lowest BCUT2D eigenvalue weighted by Crippen LogP contribution is -2.43. The van der Waals surface area contributed by atoms with Crippen LogP contribution in [0.5, 0.6) is 0 Å². The standard InChI is InChI=1S/C25H31ClFN5O2Si/c1-35(2,3)12-11-34-17-32-23(15-22(30-32)19-6-8-28-9-7-19)31-10-4-5-20(25(31)33)13-18-14-21(27)24(26)29-16-18/h6-9,14-16,20H,4-5,10-13,17H2,1-3H3. The quantitative estimate of drug-likeness (QED) is 0.216. The number of rotatable bonds is 9. The van der Waals surface area contributed by atoms with E-state index in [1.807, 2.05) is 18.2 Å². The summed E-state index contributed by atoms with van der Waals surface area (Å²) in [6.07, 6.45) is 6.97. The zero-order valence-electron chi connectivity index (χ0n) is 20.4. The Morgan fingerprint density at radius 3 is 2.71 bits per heavy atom. The third-order valence-electron chi connectivity index (χ3n) is 6.11. The molecule has 3 aromatic rings. The SMILES string of the molecule is C[Si](C)(C)CCOCn1nc(-c2ccncc2)cc1N1CCCC(Cc2cnc(Cl)c(F)c2)C1=O. The molecule has 4 rings (SSSR count). The Morgan fingerprint density at radius 2 is 2.00 bits per heavy atom. The first-order valence-corrected chi connectivity index (χ1v) is 16.0. The van der Waals surface area contributed by atoms with Crippen LogP contribution in [-0.2, 0) is 22.7 Å². The molecule has 4 heterocycles. The molecular weight excluding hydrogens is 485 g/mol. The van der Waals surface area contributed by atoms with Crippen molar-refractivity contribution in [2.24, 2.45) is 5.92 Å². The molecule has 1 amide bonds. The van der Waals surface area contributed by atoms with Gasteiger partial charge in [0.25, 0.3) is 0 Å². The number of piperidine rings is 1. The minimum atomic E-state index is -1.22. The van der Waals surface area contributed by atoms with E-state index >= 15 is 0 Å². The van der Waals surface area contributed by atoms with Gasteiger partial charge in [-0.25, -0.2) is 14.1 Å². The largest absolute Gasteiger partial charge is 0.359 e. The lowest BCUT2D eigenvalue weighted by Gasteiger charge is -2.32. The Labute approximate surface area is 211 Å². The van der Waals surface area contributed by atoms with Crippen LogP contribution in [0.2, 0.25) is 30.8 Å². The average molecular weight is 516 g/mol. The van der Waals surface area contributed by atoms with Crippen molar-refractivity contribution in [3.05, 3.63) is 59.4 Å². The Balaban J connectivity index is 1.56. The summed E-state index contributed by atoms with van der Waals surface area (Å²) in [5.74, 6) is -0.137. The molecule has 35 heavy (non-hydrogen) atoms. The molecule has 0 bridgehead atoms. The van der Waals surface area contributed by atoms with Gasteiger partial charge in [-0.3, -0.25) is 14.7 Å². The number of ether oxygens (including phenoxy) is 1. The molecule has 10 heteroatoms. The van der Waals surface area contributed by atoms with Gasteiger partial charge in [-0.2, -0.15) is 5.10 Å². The molecule has 3 aromatic heterocycles. The number of hydrogen-bond acceptors (Lipinski definition) is 5. The fourth-order valence-electron chi connectivity index (χ4n) is 4.14. The summed E-state index contributed by atoms with van der Waals surface area (Å²) in [7, 11) is -1.22. The Kier molecular flexibility index (Phi) is 7.98. The van der Waals surface area contributed by atoms with Crippen LogP contribution >= 0.6 is 11.6 Å². The second-order valence-electron chi connectivity index (χ2n) is 10.1. The van der Waals surface area contributed by atoms with Gasteiger partial charge in [0, 0.05) is 57.4 Å². The molecule has 0 saturated carbocycles. The number of anilines is 1. The summed E-state index contributed by atoms with van der Waals surface area (Å²) >= 11 is 5.72. The van der Waals surface area contributed by atoms with E-state index in [0.717, 1.165) is 30.1 Å². The van der Waals surface area contributed by atoms with E-state index < -0.39 is 13.9 Å². The van der Waals surface area contributed by atoms with Crippen LogP contribution in [0.4, 0.5) is 10.2 Å². The lowest BCUT2D eigenvalue weighted by molar-refractivity contribution is -0.123. The van der Waals surface area contributed by atoms with E-state index in [4.69, 9.17) is 21.4 Å². The Morgan fingerprint density at radius 1 is 1.23 bits per heavy atom. The number of halogens is 2. The maximum absolute atomic E-state index is 13.9. The highest BCUT2D eigenvalue weighted by Gasteiger charge is 2.32. The van der Waals surface area contributed by atoms with Crippen molar-refractivity contribution in [3.8, 4) is 11.3 Å². The summed E-state index contributed by atoms with van der Waals surface area (Å²) in [5.41, 5.74) is 2.34. The number of hydrogen-bond donors (Lipinski definition) is 0. The molecule has 0 aromatic carbocycles. The third kappa shape index (κ3) is 6.53. The normalized spacial score (nSPS) is 16.7. The molecule has 0 radical (unpaired) electrons. The average Bonchev–Trinajstić information content (AvgIpc) is 3.24. The van der Waals surface area contributed by atoms with Crippen LogP contribution in [0.1, 0.15) is 18.4 Å². The van der Waals surface area contributed by atoms with Gasteiger partial charge in [-0.1, -0.05) is 31.2 Å². The van der Waals surface area contributed by atoms with Crippen molar-refractivity contribution >= 4 is 31.4 Å².